The van der Waals surface area contributed by atoms with E-state index in [0.29, 0.717) is 19.6 Å². The molecule has 1 amide bonds. The molecule has 8 heteroatoms. The van der Waals surface area contributed by atoms with Gasteiger partial charge in [0, 0.05) is 18.7 Å². The Morgan fingerprint density at radius 3 is 2.59 bits per heavy atom. The zero-order valence-corrected chi connectivity index (χ0v) is 13.8. The Morgan fingerprint density at radius 1 is 1.36 bits per heavy atom. The normalized spacial score (nSPS) is 11.5. The van der Waals surface area contributed by atoms with Gasteiger partial charge < -0.3 is 14.8 Å². The summed E-state index contributed by atoms with van der Waals surface area (Å²) in [6.45, 7) is 4.85. The predicted molar refractivity (Wildman–Crippen MR) is 82.4 cm³/mol. The van der Waals surface area contributed by atoms with Crippen molar-refractivity contribution in [1.29, 1.82) is 0 Å². The number of hydrogen-bond donors (Lipinski definition) is 2. The number of benzene rings is 1. The van der Waals surface area contributed by atoms with Crippen LogP contribution in [-0.2, 0) is 14.8 Å². The molecule has 1 aromatic rings. The van der Waals surface area contributed by atoms with Crippen LogP contribution in [0.2, 0.25) is 0 Å². The fourth-order valence-electron chi connectivity index (χ4n) is 1.74. The van der Waals surface area contributed by atoms with Gasteiger partial charge in [-0.05, 0) is 38.5 Å². The van der Waals surface area contributed by atoms with Crippen LogP contribution in [0.4, 0.5) is 0 Å². The molecule has 0 bridgehead atoms. The SMILES string of the molecule is COc1ccc(C(=O)NCCCOC(C)C)cc1S(N)(=O)=O. The molecule has 1 aromatic carbocycles. The molecule has 124 valence electrons. The molecule has 0 saturated carbocycles. The van der Waals surface area contributed by atoms with Gasteiger partial charge in [0.25, 0.3) is 5.91 Å². The van der Waals surface area contributed by atoms with Crippen molar-refractivity contribution in [1.82, 2.24) is 5.32 Å². The van der Waals surface area contributed by atoms with Crippen molar-refractivity contribution < 1.29 is 22.7 Å². The van der Waals surface area contributed by atoms with Gasteiger partial charge in [0.1, 0.15) is 10.6 Å². The molecule has 0 unspecified atom stereocenters. The lowest BCUT2D eigenvalue weighted by Gasteiger charge is -2.10. The maximum absolute atomic E-state index is 12.0. The number of rotatable bonds is 8. The van der Waals surface area contributed by atoms with E-state index in [4.69, 9.17) is 14.6 Å². The zero-order valence-electron chi connectivity index (χ0n) is 13.0. The lowest BCUT2D eigenvalue weighted by molar-refractivity contribution is 0.0757. The van der Waals surface area contributed by atoms with Gasteiger partial charge in [-0.2, -0.15) is 0 Å². The van der Waals surface area contributed by atoms with Gasteiger partial charge in [0.2, 0.25) is 10.0 Å². The Hall–Kier alpha value is -1.64. The topological polar surface area (TPSA) is 108 Å². The number of sulfonamides is 1. The van der Waals surface area contributed by atoms with Gasteiger partial charge in [0.15, 0.2) is 0 Å². The van der Waals surface area contributed by atoms with Crippen LogP contribution >= 0.6 is 0 Å². The van der Waals surface area contributed by atoms with E-state index in [1.54, 1.807) is 0 Å². The van der Waals surface area contributed by atoms with E-state index in [1.807, 2.05) is 13.8 Å². The Kier molecular flexibility index (Phi) is 6.79. The monoisotopic (exact) mass is 330 g/mol. The summed E-state index contributed by atoms with van der Waals surface area (Å²) in [7, 11) is -2.63. The molecule has 0 fully saturated rings. The van der Waals surface area contributed by atoms with Crippen LogP contribution in [0, 0.1) is 0 Å². The number of methoxy groups -OCH3 is 1. The molecule has 0 spiro atoms. The van der Waals surface area contributed by atoms with Crippen LogP contribution in [0.5, 0.6) is 5.75 Å². The summed E-state index contributed by atoms with van der Waals surface area (Å²) in [6, 6.07) is 4.08. The number of hydrogen-bond acceptors (Lipinski definition) is 5. The molecule has 0 aliphatic carbocycles. The van der Waals surface area contributed by atoms with Crippen LogP contribution in [0.25, 0.3) is 0 Å². The number of primary sulfonamides is 1. The molecule has 0 saturated heterocycles. The Balaban J connectivity index is 2.70. The zero-order chi connectivity index (χ0) is 16.8. The maximum atomic E-state index is 12.0. The average molecular weight is 330 g/mol. The third-order valence-corrected chi connectivity index (χ3v) is 3.72. The van der Waals surface area contributed by atoms with Gasteiger partial charge in [0.05, 0.1) is 13.2 Å². The largest absolute Gasteiger partial charge is 0.495 e. The van der Waals surface area contributed by atoms with E-state index in [1.165, 1.54) is 25.3 Å². The molecule has 1 rings (SSSR count). The number of amides is 1. The minimum atomic E-state index is -3.97. The summed E-state index contributed by atoms with van der Waals surface area (Å²) in [6.07, 6.45) is 0.817. The van der Waals surface area contributed by atoms with E-state index in [9.17, 15) is 13.2 Å². The fourth-order valence-corrected chi connectivity index (χ4v) is 2.46. The molecule has 0 radical (unpaired) electrons. The second-order valence-electron chi connectivity index (χ2n) is 4.94. The van der Waals surface area contributed by atoms with Gasteiger partial charge in [-0.3, -0.25) is 4.79 Å². The standard InChI is InChI=1S/C14H22N2O5S/c1-10(2)21-8-4-7-16-14(17)11-5-6-12(20-3)13(9-11)22(15,18)19/h5-6,9-10H,4,7-8H2,1-3H3,(H,16,17)(H2,15,18,19). The average Bonchev–Trinajstić information content (AvgIpc) is 2.44. The summed E-state index contributed by atoms with van der Waals surface area (Å²) >= 11 is 0. The van der Waals surface area contributed by atoms with Crippen LogP contribution in [0.3, 0.4) is 0 Å². The maximum Gasteiger partial charge on any atom is 0.251 e. The summed E-state index contributed by atoms with van der Waals surface area (Å²) in [4.78, 5) is 11.8. The van der Waals surface area contributed by atoms with E-state index < -0.39 is 10.0 Å². The number of nitrogens with one attached hydrogen (secondary N) is 1. The van der Waals surface area contributed by atoms with Crippen molar-refractivity contribution >= 4 is 15.9 Å². The minimum Gasteiger partial charge on any atom is -0.495 e. The number of ether oxygens (including phenoxy) is 2. The minimum absolute atomic E-state index is 0.101. The summed E-state index contributed by atoms with van der Waals surface area (Å²) in [5.41, 5.74) is 0.203. The van der Waals surface area contributed by atoms with Crippen LogP contribution < -0.4 is 15.2 Å². The molecule has 0 aliphatic heterocycles. The van der Waals surface area contributed by atoms with Crippen molar-refractivity contribution in [3.63, 3.8) is 0 Å². The van der Waals surface area contributed by atoms with Crippen LogP contribution in [0.1, 0.15) is 30.6 Å². The molecule has 22 heavy (non-hydrogen) atoms. The molecule has 0 heterocycles. The molecule has 7 nitrogen and oxygen atoms in total. The van der Waals surface area contributed by atoms with E-state index >= 15 is 0 Å². The van der Waals surface area contributed by atoms with Crippen LogP contribution in [0.15, 0.2) is 23.1 Å². The van der Waals surface area contributed by atoms with Crippen LogP contribution in [-0.4, -0.2) is 40.7 Å². The number of carbonyl (C=O) groups excluding carboxylic acids is 1. The summed E-state index contributed by atoms with van der Waals surface area (Å²) in [5.74, 6) is -0.276. The van der Waals surface area contributed by atoms with Crippen molar-refractivity contribution in [2.24, 2.45) is 5.14 Å². The van der Waals surface area contributed by atoms with Crippen molar-refractivity contribution in [3.8, 4) is 5.75 Å². The first-order valence-electron chi connectivity index (χ1n) is 6.86. The highest BCUT2D eigenvalue weighted by atomic mass is 32.2. The molecule has 0 aromatic heterocycles. The number of nitrogens with two attached hydrogens (primary N) is 1. The third-order valence-electron chi connectivity index (χ3n) is 2.79. The lowest BCUT2D eigenvalue weighted by Crippen LogP contribution is -2.26. The van der Waals surface area contributed by atoms with Gasteiger partial charge in [-0.15, -0.1) is 0 Å². The van der Waals surface area contributed by atoms with Gasteiger partial charge >= 0.3 is 0 Å². The molecule has 0 aliphatic rings. The fraction of sp³-hybridized carbons (Fsp3) is 0.500. The first-order chi connectivity index (χ1) is 10.3. The second kappa shape index (κ2) is 8.11. The lowest BCUT2D eigenvalue weighted by atomic mass is 10.2. The van der Waals surface area contributed by atoms with Crippen molar-refractivity contribution in [2.45, 2.75) is 31.3 Å². The highest BCUT2D eigenvalue weighted by Crippen LogP contribution is 2.23. The van der Waals surface area contributed by atoms with E-state index in [2.05, 4.69) is 5.32 Å². The van der Waals surface area contributed by atoms with Gasteiger partial charge in [-0.1, -0.05) is 0 Å². The van der Waals surface area contributed by atoms with Crippen molar-refractivity contribution in [2.75, 3.05) is 20.3 Å². The van der Waals surface area contributed by atoms with E-state index in [0.717, 1.165) is 0 Å². The van der Waals surface area contributed by atoms with Crippen molar-refractivity contribution in [3.05, 3.63) is 23.8 Å². The Morgan fingerprint density at radius 2 is 2.05 bits per heavy atom. The molecular formula is C14H22N2O5S. The molecule has 3 N–H and O–H groups in total. The Labute approximate surface area is 130 Å². The molecular weight excluding hydrogens is 308 g/mol. The molecule has 0 atom stereocenters. The highest BCUT2D eigenvalue weighted by Gasteiger charge is 2.17. The smallest absolute Gasteiger partial charge is 0.251 e. The second-order valence-corrected chi connectivity index (χ2v) is 6.47. The summed E-state index contributed by atoms with van der Waals surface area (Å²) < 4.78 is 33.3. The first-order valence-corrected chi connectivity index (χ1v) is 8.41. The Bertz CT molecular complexity index is 614. The summed E-state index contributed by atoms with van der Waals surface area (Å²) in [5, 5.41) is 7.81. The van der Waals surface area contributed by atoms with Gasteiger partial charge in [-0.25, -0.2) is 13.6 Å². The third kappa shape index (κ3) is 5.63. The first kappa shape index (κ1) is 18.4. The highest BCUT2D eigenvalue weighted by molar-refractivity contribution is 7.89. The quantitative estimate of drug-likeness (QED) is 0.688. The number of carbonyl (C=O) groups is 1. The predicted octanol–water partition coefficient (Wildman–Crippen LogP) is 0.887. The van der Waals surface area contributed by atoms with E-state index in [-0.39, 0.29) is 28.2 Å².